The third kappa shape index (κ3) is 5.26. The molecule has 4 N–H and O–H groups in total. The van der Waals surface area contributed by atoms with Crippen molar-refractivity contribution in [1.29, 1.82) is 0 Å². The number of carbonyl (C=O) groups is 3. The number of amidine groups is 1. The van der Waals surface area contributed by atoms with Crippen LogP contribution in [0.25, 0.3) is 0 Å². The number of ether oxygens (including phenoxy) is 2. The number of nitrogens with zero attached hydrogens (tertiary/aromatic N) is 3. The monoisotopic (exact) mass is 521 g/mol. The molecule has 38 heavy (non-hydrogen) atoms. The molecule has 0 radical (unpaired) electrons. The van der Waals surface area contributed by atoms with Crippen molar-refractivity contribution in [2.24, 2.45) is 10.7 Å². The van der Waals surface area contributed by atoms with Gasteiger partial charge in [0.1, 0.15) is 5.84 Å². The number of morpholine rings is 1. The number of hydrogen-bond donors (Lipinski definition) is 3. The summed E-state index contributed by atoms with van der Waals surface area (Å²) in [5, 5.41) is 13.4. The van der Waals surface area contributed by atoms with E-state index in [-0.39, 0.29) is 31.6 Å². The van der Waals surface area contributed by atoms with Gasteiger partial charge in [0.2, 0.25) is 5.91 Å². The predicted molar refractivity (Wildman–Crippen MR) is 140 cm³/mol. The molecule has 2 fully saturated rings. The maximum Gasteiger partial charge on any atom is 0.259 e. The summed E-state index contributed by atoms with van der Waals surface area (Å²) in [7, 11) is 1.65. The number of fused-ring (bicyclic) bond motifs is 1. The van der Waals surface area contributed by atoms with E-state index in [0.717, 1.165) is 23.1 Å². The highest BCUT2D eigenvalue weighted by Crippen LogP contribution is 2.25. The van der Waals surface area contributed by atoms with Gasteiger partial charge in [0.25, 0.3) is 11.8 Å². The fraction of sp³-hybridized carbons (Fsp3) is 0.407. The van der Waals surface area contributed by atoms with Crippen LogP contribution in [0.3, 0.4) is 0 Å². The maximum absolute atomic E-state index is 13.3. The summed E-state index contributed by atoms with van der Waals surface area (Å²) in [4.78, 5) is 46.2. The Morgan fingerprint density at radius 2 is 2.11 bits per heavy atom. The molecule has 0 aromatic heterocycles. The summed E-state index contributed by atoms with van der Waals surface area (Å²) < 4.78 is 10.9. The number of hydrogen-bond acceptors (Lipinski definition) is 8. The highest BCUT2D eigenvalue weighted by molar-refractivity contribution is 6.05. The molecule has 0 aliphatic carbocycles. The second-order valence-corrected chi connectivity index (χ2v) is 9.62. The number of nitrogens with one attached hydrogen (secondary N) is 1. The van der Waals surface area contributed by atoms with Crippen LogP contribution in [0.2, 0.25) is 0 Å². The van der Waals surface area contributed by atoms with E-state index in [1.165, 1.54) is 4.90 Å². The van der Waals surface area contributed by atoms with E-state index in [9.17, 15) is 19.5 Å². The van der Waals surface area contributed by atoms with Gasteiger partial charge in [-0.3, -0.25) is 19.4 Å². The second-order valence-electron chi connectivity index (χ2n) is 9.62. The first-order chi connectivity index (χ1) is 18.3. The minimum absolute atomic E-state index is 0.000720. The molecule has 3 amide bonds. The molecule has 0 saturated carbocycles. The van der Waals surface area contributed by atoms with E-state index >= 15 is 0 Å². The van der Waals surface area contributed by atoms with Crippen LogP contribution in [0.15, 0.2) is 47.5 Å². The Kier molecular flexibility index (Phi) is 7.41. The minimum Gasteiger partial charge on any atom is -0.383 e. The molecular formula is C27H31N5O6. The summed E-state index contributed by atoms with van der Waals surface area (Å²) >= 11 is 0. The third-order valence-electron chi connectivity index (χ3n) is 7.15. The topological polar surface area (TPSA) is 147 Å². The molecule has 3 aliphatic heterocycles. The van der Waals surface area contributed by atoms with Crippen LogP contribution in [0.5, 0.6) is 0 Å². The summed E-state index contributed by atoms with van der Waals surface area (Å²) in [5.74, 6) is -0.833. The number of carbonyl (C=O) groups excluding carboxylic acids is 3. The van der Waals surface area contributed by atoms with E-state index in [0.29, 0.717) is 36.8 Å². The lowest BCUT2D eigenvalue weighted by Crippen LogP contribution is -2.55. The Labute approximate surface area is 220 Å². The third-order valence-corrected chi connectivity index (χ3v) is 7.15. The highest BCUT2D eigenvalue weighted by Gasteiger charge is 2.39. The zero-order valence-electron chi connectivity index (χ0n) is 21.1. The predicted octanol–water partition coefficient (Wildman–Crippen LogP) is 0.427. The van der Waals surface area contributed by atoms with Crippen LogP contribution in [-0.2, 0) is 36.8 Å². The number of nitrogens with two attached hydrogens (primary N) is 1. The van der Waals surface area contributed by atoms with Gasteiger partial charge in [-0.2, -0.15) is 0 Å². The number of likely N-dealkylation sites (tertiary alicyclic amines) is 1. The standard InChI is InChI=1S/C27H31N5O6/c1-37-20-7-8-31(15-20)22(33)12-16-3-2-4-19(11-16)32-9-10-38-24(27(32)36)23(34)26(35)30-18-5-6-21-17(13-18)14-29-25(21)28/h2-6,11,13,20,23-24,34H,7-10,12,14-15H2,1H3,(H2,28,29)(H,30,35)/t20-,23-,24-/m1/s1. The van der Waals surface area contributed by atoms with E-state index in [1.54, 1.807) is 48.4 Å². The number of aliphatic hydroxyl groups is 1. The first kappa shape index (κ1) is 25.8. The number of rotatable bonds is 7. The zero-order valence-corrected chi connectivity index (χ0v) is 21.1. The molecule has 3 atom stereocenters. The van der Waals surface area contributed by atoms with Crippen molar-refractivity contribution in [2.45, 2.75) is 37.7 Å². The van der Waals surface area contributed by atoms with Gasteiger partial charge < -0.3 is 35.4 Å². The van der Waals surface area contributed by atoms with Crippen LogP contribution < -0.4 is 16.0 Å². The molecule has 2 aromatic rings. The van der Waals surface area contributed by atoms with Crippen molar-refractivity contribution in [1.82, 2.24) is 4.90 Å². The largest absolute Gasteiger partial charge is 0.383 e. The lowest BCUT2D eigenvalue weighted by molar-refractivity contribution is -0.150. The number of anilines is 2. The van der Waals surface area contributed by atoms with E-state index in [4.69, 9.17) is 15.2 Å². The molecule has 0 bridgehead atoms. The lowest BCUT2D eigenvalue weighted by atomic mass is 10.1. The van der Waals surface area contributed by atoms with Gasteiger partial charge in [-0.15, -0.1) is 0 Å². The van der Waals surface area contributed by atoms with Crippen LogP contribution in [0.1, 0.15) is 23.1 Å². The number of aliphatic imine (C=N–C) groups is 1. The molecule has 11 nitrogen and oxygen atoms in total. The van der Waals surface area contributed by atoms with Gasteiger partial charge in [0.15, 0.2) is 12.2 Å². The van der Waals surface area contributed by atoms with E-state index in [1.807, 2.05) is 6.07 Å². The van der Waals surface area contributed by atoms with Gasteiger partial charge in [-0.05, 0) is 47.9 Å². The summed E-state index contributed by atoms with van der Waals surface area (Å²) in [5.41, 5.74) is 9.32. The molecule has 200 valence electrons. The summed E-state index contributed by atoms with van der Waals surface area (Å²) in [6, 6.07) is 12.3. The quantitative estimate of drug-likeness (QED) is 0.479. The molecular weight excluding hydrogens is 490 g/mol. The Hall–Kier alpha value is -3.80. The summed E-state index contributed by atoms with van der Waals surface area (Å²) in [6.45, 7) is 2.06. The van der Waals surface area contributed by atoms with Gasteiger partial charge in [0, 0.05) is 43.7 Å². The van der Waals surface area contributed by atoms with Crippen molar-refractivity contribution in [2.75, 3.05) is 43.6 Å². The maximum atomic E-state index is 13.3. The Balaban J connectivity index is 1.23. The molecule has 2 aromatic carbocycles. The van der Waals surface area contributed by atoms with Gasteiger partial charge >= 0.3 is 0 Å². The van der Waals surface area contributed by atoms with Crippen LogP contribution >= 0.6 is 0 Å². The smallest absolute Gasteiger partial charge is 0.259 e. The van der Waals surface area contributed by atoms with E-state index < -0.39 is 24.0 Å². The second kappa shape index (κ2) is 10.9. The Bertz CT molecular complexity index is 1280. The van der Waals surface area contributed by atoms with Gasteiger partial charge in [0.05, 0.1) is 25.7 Å². The van der Waals surface area contributed by atoms with Crippen molar-refractivity contribution in [3.63, 3.8) is 0 Å². The van der Waals surface area contributed by atoms with Crippen LogP contribution in [0.4, 0.5) is 11.4 Å². The van der Waals surface area contributed by atoms with Crippen LogP contribution in [-0.4, -0.2) is 85.2 Å². The minimum atomic E-state index is -1.71. The van der Waals surface area contributed by atoms with Crippen molar-refractivity contribution < 1.29 is 29.0 Å². The molecule has 0 unspecified atom stereocenters. The fourth-order valence-electron chi connectivity index (χ4n) is 5.02. The molecule has 11 heteroatoms. The fourth-order valence-corrected chi connectivity index (χ4v) is 5.02. The molecule has 5 rings (SSSR count). The number of benzene rings is 2. The number of methoxy groups -OCH3 is 1. The van der Waals surface area contributed by atoms with Gasteiger partial charge in [-0.1, -0.05) is 12.1 Å². The van der Waals surface area contributed by atoms with Crippen molar-refractivity contribution in [3.8, 4) is 0 Å². The molecule has 3 aliphatic rings. The zero-order chi connectivity index (χ0) is 26.8. The molecule has 2 saturated heterocycles. The Morgan fingerprint density at radius 1 is 1.26 bits per heavy atom. The van der Waals surface area contributed by atoms with Gasteiger partial charge in [-0.25, -0.2) is 0 Å². The van der Waals surface area contributed by atoms with Crippen LogP contribution in [0, 0.1) is 0 Å². The highest BCUT2D eigenvalue weighted by atomic mass is 16.5. The number of aliphatic hydroxyl groups excluding tert-OH is 1. The summed E-state index contributed by atoms with van der Waals surface area (Å²) in [6.07, 6.45) is -1.99. The van der Waals surface area contributed by atoms with Crippen molar-refractivity contribution in [3.05, 3.63) is 59.2 Å². The lowest BCUT2D eigenvalue weighted by Gasteiger charge is -2.34. The number of amides is 3. The normalized spacial score (nSPS) is 21.7. The van der Waals surface area contributed by atoms with Crippen molar-refractivity contribution >= 4 is 34.9 Å². The molecule has 3 heterocycles. The first-order valence-corrected chi connectivity index (χ1v) is 12.6. The Morgan fingerprint density at radius 3 is 2.89 bits per heavy atom. The average molecular weight is 522 g/mol. The van der Waals surface area contributed by atoms with E-state index in [2.05, 4.69) is 10.3 Å². The average Bonchev–Trinajstić information content (AvgIpc) is 3.55. The SMILES string of the molecule is CO[C@@H]1CCN(C(=O)Cc2cccc(N3CCO[C@H]([C@@H](O)C(=O)Nc4ccc5c(c4)CN=C5N)C3=O)c2)C1. The molecule has 0 spiro atoms. The first-order valence-electron chi connectivity index (χ1n) is 12.6.